The first kappa shape index (κ1) is 20.7. The third-order valence-corrected chi connectivity index (χ3v) is 6.00. The number of thiazole rings is 1. The van der Waals surface area contributed by atoms with E-state index in [2.05, 4.69) is 15.1 Å². The Morgan fingerprint density at radius 3 is 2.55 bits per heavy atom. The number of aromatic hydroxyl groups is 1. The fourth-order valence-corrected chi connectivity index (χ4v) is 4.19. The molecule has 158 valence electrons. The summed E-state index contributed by atoms with van der Waals surface area (Å²) < 4.78 is 5.79. The summed E-state index contributed by atoms with van der Waals surface area (Å²) in [5.41, 5.74) is 3.48. The number of oxazole rings is 1. The van der Waals surface area contributed by atoms with Crippen LogP contribution in [-0.2, 0) is 12.8 Å². The summed E-state index contributed by atoms with van der Waals surface area (Å²) in [5, 5.41) is 13.0. The zero-order valence-electron chi connectivity index (χ0n) is 16.9. The molecule has 0 spiro atoms. The van der Waals surface area contributed by atoms with Crippen LogP contribution in [0.2, 0.25) is 0 Å². The lowest BCUT2D eigenvalue weighted by Crippen LogP contribution is -1.99. The van der Waals surface area contributed by atoms with Crippen molar-refractivity contribution in [3.8, 4) is 17.3 Å². The monoisotopic (exact) mass is 435 g/mol. The van der Waals surface area contributed by atoms with Gasteiger partial charge in [0.2, 0.25) is 11.8 Å². The van der Waals surface area contributed by atoms with Crippen LogP contribution in [0, 0.1) is 11.8 Å². The number of aromatic nitrogens is 2. The molecule has 0 saturated carbocycles. The van der Waals surface area contributed by atoms with E-state index in [1.165, 1.54) is 0 Å². The molecule has 1 atom stereocenters. The molecule has 0 amide bonds. The molecule has 2 N–H and O–H groups in total. The maximum atomic E-state index is 11.5. The number of aryl methyl sites for hydroxylation is 2. The first-order valence-corrected chi connectivity index (χ1v) is 10.7. The minimum atomic E-state index is -0.498. The Balaban J connectivity index is 1.42. The third-order valence-electron chi connectivity index (χ3n) is 5.12. The number of rotatable bonds is 8. The molecular formula is C23H21N3O4S. The fraction of sp³-hybridized carbons (Fsp3) is 0.217. The Hall–Kier alpha value is -3.52. The van der Waals surface area contributed by atoms with Gasteiger partial charge in [0, 0.05) is 12.0 Å². The topological polar surface area (TPSA) is 109 Å². The highest BCUT2D eigenvalue weighted by molar-refractivity contribution is 7.09. The smallest absolute Gasteiger partial charge is 0.307 e. The SMILES string of the molecule is Cc1oc(-c2ccccc2)nc1CCC(N=O)c1ccc(Cc2sc(=O)[nH]c2O)cc1. The van der Waals surface area contributed by atoms with E-state index in [4.69, 9.17) is 4.42 Å². The van der Waals surface area contributed by atoms with Crippen molar-refractivity contribution in [1.82, 2.24) is 9.97 Å². The molecule has 2 aromatic heterocycles. The van der Waals surface area contributed by atoms with Crippen LogP contribution in [-0.4, -0.2) is 15.1 Å². The lowest BCUT2D eigenvalue weighted by Gasteiger charge is -2.09. The molecule has 0 radical (unpaired) electrons. The van der Waals surface area contributed by atoms with E-state index < -0.39 is 6.04 Å². The van der Waals surface area contributed by atoms with E-state index in [1.54, 1.807) is 0 Å². The number of aromatic amines is 1. The van der Waals surface area contributed by atoms with Crippen LogP contribution >= 0.6 is 11.3 Å². The zero-order chi connectivity index (χ0) is 21.8. The van der Waals surface area contributed by atoms with Gasteiger partial charge in [0.15, 0.2) is 0 Å². The van der Waals surface area contributed by atoms with Crippen molar-refractivity contribution in [1.29, 1.82) is 0 Å². The number of hydrogen-bond acceptors (Lipinski definition) is 7. The van der Waals surface area contributed by atoms with E-state index in [9.17, 15) is 14.8 Å². The molecule has 8 heteroatoms. The molecule has 4 aromatic rings. The molecule has 7 nitrogen and oxygen atoms in total. The van der Waals surface area contributed by atoms with Gasteiger partial charge in [0.05, 0.1) is 10.6 Å². The lowest BCUT2D eigenvalue weighted by atomic mass is 9.99. The predicted molar refractivity (Wildman–Crippen MR) is 119 cm³/mol. The van der Waals surface area contributed by atoms with E-state index in [0.717, 1.165) is 39.5 Å². The molecule has 0 aliphatic heterocycles. The Morgan fingerprint density at radius 1 is 1.16 bits per heavy atom. The summed E-state index contributed by atoms with van der Waals surface area (Å²) in [7, 11) is 0. The first-order chi connectivity index (χ1) is 15.0. The van der Waals surface area contributed by atoms with Crippen molar-refractivity contribution in [2.75, 3.05) is 0 Å². The summed E-state index contributed by atoms with van der Waals surface area (Å²) in [6.45, 7) is 1.87. The minimum Gasteiger partial charge on any atom is -0.494 e. The second kappa shape index (κ2) is 9.09. The molecule has 31 heavy (non-hydrogen) atoms. The Kier molecular flexibility index (Phi) is 6.08. The van der Waals surface area contributed by atoms with Crippen molar-refractivity contribution in [3.63, 3.8) is 0 Å². The average molecular weight is 436 g/mol. The highest BCUT2D eigenvalue weighted by atomic mass is 32.1. The van der Waals surface area contributed by atoms with Crippen LogP contribution in [0.3, 0.4) is 0 Å². The van der Waals surface area contributed by atoms with Crippen molar-refractivity contribution in [3.05, 3.63) is 96.6 Å². The summed E-state index contributed by atoms with van der Waals surface area (Å²) in [5.74, 6) is 1.22. The predicted octanol–water partition coefficient (Wildman–Crippen LogP) is 5.14. The van der Waals surface area contributed by atoms with Crippen molar-refractivity contribution >= 4 is 11.3 Å². The standard InChI is InChI=1S/C23H21N3O4S/c1-14-18(24-22(30-14)17-5-3-2-4-6-17)11-12-19(26-29)16-9-7-15(8-10-16)13-20-21(27)25-23(28)31-20/h2-10,19,27H,11-13H2,1H3,(H,25,28). The number of benzene rings is 2. The number of nitrogens with one attached hydrogen (secondary N) is 1. The van der Waals surface area contributed by atoms with Crippen molar-refractivity contribution < 1.29 is 9.52 Å². The highest BCUT2D eigenvalue weighted by Crippen LogP contribution is 2.28. The van der Waals surface area contributed by atoms with Gasteiger partial charge >= 0.3 is 4.87 Å². The van der Waals surface area contributed by atoms with Crippen LogP contribution < -0.4 is 4.87 Å². The maximum Gasteiger partial charge on any atom is 0.307 e. The van der Waals surface area contributed by atoms with Gasteiger partial charge in [-0.1, -0.05) is 59.0 Å². The number of H-pyrrole nitrogens is 1. The van der Waals surface area contributed by atoms with Gasteiger partial charge in [0.25, 0.3) is 0 Å². The van der Waals surface area contributed by atoms with Crippen LogP contribution in [0.25, 0.3) is 11.5 Å². The van der Waals surface area contributed by atoms with E-state index in [-0.39, 0.29) is 10.8 Å². The molecule has 1 unspecified atom stereocenters. The van der Waals surface area contributed by atoms with Gasteiger partial charge in [0.1, 0.15) is 11.8 Å². The average Bonchev–Trinajstić information content (AvgIpc) is 3.31. The summed E-state index contributed by atoms with van der Waals surface area (Å²) in [6, 6.07) is 16.7. The molecular weight excluding hydrogens is 414 g/mol. The summed E-state index contributed by atoms with van der Waals surface area (Å²) in [4.78, 5) is 30.1. The Morgan fingerprint density at radius 2 is 1.90 bits per heavy atom. The van der Waals surface area contributed by atoms with Crippen LogP contribution in [0.5, 0.6) is 5.88 Å². The van der Waals surface area contributed by atoms with Crippen LogP contribution in [0.4, 0.5) is 0 Å². The number of hydrogen-bond donors (Lipinski definition) is 2. The zero-order valence-corrected chi connectivity index (χ0v) is 17.7. The minimum absolute atomic E-state index is 0.0932. The Bertz CT molecular complexity index is 1230. The fourth-order valence-electron chi connectivity index (χ4n) is 3.43. The quantitative estimate of drug-likeness (QED) is 0.373. The molecule has 2 heterocycles. The molecule has 4 rings (SSSR count). The summed E-state index contributed by atoms with van der Waals surface area (Å²) >= 11 is 0.986. The molecule has 0 aliphatic rings. The largest absolute Gasteiger partial charge is 0.494 e. The molecule has 0 fully saturated rings. The van der Waals surface area contributed by atoms with E-state index in [0.29, 0.717) is 30.0 Å². The maximum absolute atomic E-state index is 11.5. The number of nitroso groups, excluding NO2 is 1. The molecule has 0 aliphatic carbocycles. The third kappa shape index (κ3) is 4.80. The normalized spacial score (nSPS) is 12.0. The number of nitrogens with zero attached hydrogens (tertiary/aromatic N) is 2. The second-order valence-corrected chi connectivity index (χ2v) is 8.32. The van der Waals surface area contributed by atoms with E-state index >= 15 is 0 Å². The van der Waals surface area contributed by atoms with Gasteiger partial charge in [-0.3, -0.25) is 9.78 Å². The van der Waals surface area contributed by atoms with Gasteiger partial charge in [-0.25, -0.2) is 4.98 Å². The van der Waals surface area contributed by atoms with Gasteiger partial charge in [-0.2, -0.15) is 4.91 Å². The van der Waals surface area contributed by atoms with Crippen molar-refractivity contribution in [2.24, 2.45) is 5.18 Å². The van der Waals surface area contributed by atoms with E-state index in [1.807, 2.05) is 61.5 Å². The first-order valence-electron chi connectivity index (χ1n) is 9.87. The summed E-state index contributed by atoms with van der Waals surface area (Å²) in [6.07, 6.45) is 1.53. The van der Waals surface area contributed by atoms with Gasteiger partial charge in [-0.05, 0) is 43.0 Å². The second-order valence-electron chi connectivity index (χ2n) is 7.25. The van der Waals surface area contributed by atoms with Crippen molar-refractivity contribution in [2.45, 2.75) is 32.2 Å². The Labute approximate surface area is 182 Å². The molecule has 2 aromatic carbocycles. The highest BCUT2D eigenvalue weighted by Gasteiger charge is 2.17. The van der Waals surface area contributed by atoms with Crippen LogP contribution in [0.1, 0.15) is 39.9 Å². The lowest BCUT2D eigenvalue weighted by molar-refractivity contribution is 0.451. The molecule has 0 bridgehead atoms. The molecule has 0 saturated heterocycles. The van der Waals surface area contributed by atoms with Gasteiger partial charge < -0.3 is 9.52 Å². The van der Waals surface area contributed by atoms with Crippen LogP contribution in [0.15, 0.2) is 69.0 Å². The van der Waals surface area contributed by atoms with Gasteiger partial charge in [-0.15, -0.1) is 0 Å².